The summed E-state index contributed by atoms with van der Waals surface area (Å²) in [5.74, 6) is -0.168. The largest absolute Gasteiger partial charge is 0.481 e. The molecule has 7 heteroatoms. The van der Waals surface area contributed by atoms with Crippen LogP contribution in [0.1, 0.15) is 37.6 Å². The van der Waals surface area contributed by atoms with Gasteiger partial charge in [-0.1, -0.05) is 43.3 Å². The molecule has 0 bridgehead atoms. The second-order valence-electron chi connectivity index (χ2n) is 6.25. The second kappa shape index (κ2) is 6.51. The van der Waals surface area contributed by atoms with Crippen LogP contribution in [0, 0.1) is 6.92 Å². The number of carboxylic acid groups (broad SMARTS) is 1. The molecule has 2 aromatic heterocycles. The quantitative estimate of drug-likeness (QED) is 0.766. The fourth-order valence-electron chi connectivity index (χ4n) is 2.73. The molecule has 0 unspecified atom stereocenters. The summed E-state index contributed by atoms with van der Waals surface area (Å²) >= 11 is 0. The Kier molecular flexibility index (Phi) is 4.39. The van der Waals surface area contributed by atoms with Gasteiger partial charge in [0.1, 0.15) is 16.9 Å². The Morgan fingerprint density at radius 1 is 1.28 bits per heavy atom. The molecule has 3 rings (SSSR count). The first kappa shape index (κ1) is 16.9. The van der Waals surface area contributed by atoms with Gasteiger partial charge in [0.25, 0.3) is 11.3 Å². The van der Waals surface area contributed by atoms with Crippen LogP contribution < -0.4 is 5.56 Å². The molecule has 0 aliphatic heterocycles. The van der Waals surface area contributed by atoms with Crippen molar-refractivity contribution in [1.82, 2.24) is 14.7 Å². The smallest absolute Gasteiger partial charge is 0.305 e. The van der Waals surface area contributed by atoms with Crippen LogP contribution in [-0.2, 0) is 11.3 Å². The van der Waals surface area contributed by atoms with Gasteiger partial charge in [-0.25, -0.2) is 0 Å². The lowest BCUT2D eigenvalue weighted by Crippen LogP contribution is -2.25. The number of carboxylic acids is 1. The zero-order valence-electron chi connectivity index (χ0n) is 14.3. The summed E-state index contributed by atoms with van der Waals surface area (Å²) in [6.07, 6.45) is -0.155. The van der Waals surface area contributed by atoms with Crippen LogP contribution in [0.3, 0.4) is 0 Å². The standard InChI is InChI=1S/C18H19N3O4/c1-10(2)12-4-6-13(7-5-12)16-15-17(25-20-16)19-11(3)21(18(15)24)9-8-14(22)23/h4-7,10H,8-9H2,1-3H3,(H,22,23). The summed E-state index contributed by atoms with van der Waals surface area (Å²) in [6.45, 7) is 5.91. The van der Waals surface area contributed by atoms with Crippen LogP contribution in [0.5, 0.6) is 0 Å². The van der Waals surface area contributed by atoms with Crippen LogP contribution in [0.4, 0.5) is 0 Å². The molecule has 1 N–H and O–H groups in total. The highest BCUT2D eigenvalue weighted by Crippen LogP contribution is 2.26. The molecule has 130 valence electrons. The number of rotatable bonds is 5. The zero-order chi connectivity index (χ0) is 18.1. The van der Waals surface area contributed by atoms with Crippen molar-refractivity contribution in [3.05, 3.63) is 46.0 Å². The molecule has 0 amide bonds. The predicted octanol–water partition coefficient (Wildman–Crippen LogP) is 2.96. The van der Waals surface area contributed by atoms with Crippen molar-refractivity contribution in [3.63, 3.8) is 0 Å². The lowest BCUT2D eigenvalue weighted by molar-refractivity contribution is -0.137. The third kappa shape index (κ3) is 3.17. The number of aliphatic carboxylic acids is 1. The van der Waals surface area contributed by atoms with Gasteiger partial charge in [-0.3, -0.25) is 14.2 Å². The van der Waals surface area contributed by atoms with Crippen LogP contribution in [0.15, 0.2) is 33.6 Å². The molecule has 25 heavy (non-hydrogen) atoms. The van der Waals surface area contributed by atoms with E-state index in [-0.39, 0.29) is 29.6 Å². The summed E-state index contributed by atoms with van der Waals surface area (Å²) in [7, 11) is 0. The van der Waals surface area contributed by atoms with Gasteiger partial charge in [0.2, 0.25) is 0 Å². The first-order valence-electron chi connectivity index (χ1n) is 8.07. The first-order chi connectivity index (χ1) is 11.9. The average Bonchev–Trinajstić information content (AvgIpc) is 2.98. The number of hydrogen-bond donors (Lipinski definition) is 1. The van der Waals surface area contributed by atoms with Gasteiger partial charge in [0.15, 0.2) is 0 Å². The second-order valence-corrected chi connectivity index (χ2v) is 6.25. The van der Waals surface area contributed by atoms with Gasteiger partial charge in [0.05, 0.1) is 6.42 Å². The Bertz CT molecular complexity index is 984. The summed E-state index contributed by atoms with van der Waals surface area (Å²) in [5, 5.41) is 13.1. The van der Waals surface area contributed by atoms with Gasteiger partial charge >= 0.3 is 5.97 Å². The molecule has 3 aromatic rings. The van der Waals surface area contributed by atoms with Crippen molar-refractivity contribution in [2.24, 2.45) is 0 Å². The number of aromatic nitrogens is 3. The highest BCUT2D eigenvalue weighted by atomic mass is 16.5. The van der Waals surface area contributed by atoms with Gasteiger partial charge in [-0.2, -0.15) is 4.98 Å². The molecular formula is C18H19N3O4. The predicted molar refractivity (Wildman–Crippen MR) is 92.6 cm³/mol. The Labute approximate surface area is 143 Å². The van der Waals surface area contributed by atoms with E-state index in [1.165, 1.54) is 10.1 Å². The molecule has 0 saturated heterocycles. The topological polar surface area (TPSA) is 98.2 Å². The van der Waals surface area contributed by atoms with Gasteiger partial charge < -0.3 is 9.63 Å². The van der Waals surface area contributed by atoms with E-state index in [1.807, 2.05) is 24.3 Å². The van der Waals surface area contributed by atoms with Crippen molar-refractivity contribution < 1.29 is 14.4 Å². The van der Waals surface area contributed by atoms with E-state index < -0.39 is 5.97 Å². The normalized spacial score (nSPS) is 11.4. The number of benzene rings is 1. The fourth-order valence-corrected chi connectivity index (χ4v) is 2.73. The van der Waals surface area contributed by atoms with Crippen molar-refractivity contribution >= 4 is 17.1 Å². The SMILES string of the molecule is Cc1nc2onc(-c3ccc(C(C)C)cc3)c2c(=O)n1CCC(=O)O. The van der Waals surface area contributed by atoms with Crippen LogP contribution in [0.2, 0.25) is 0 Å². The van der Waals surface area contributed by atoms with Gasteiger partial charge in [-0.05, 0) is 18.4 Å². The summed E-state index contributed by atoms with van der Waals surface area (Å²) in [5.41, 5.74) is 2.19. The fraction of sp³-hybridized carbons (Fsp3) is 0.333. The lowest BCUT2D eigenvalue weighted by atomic mass is 10.0. The first-order valence-corrected chi connectivity index (χ1v) is 8.07. The van der Waals surface area contributed by atoms with Crippen LogP contribution in [0.25, 0.3) is 22.4 Å². The molecule has 0 saturated carbocycles. The summed E-state index contributed by atoms with van der Waals surface area (Å²) in [4.78, 5) is 27.9. The van der Waals surface area contributed by atoms with Crippen molar-refractivity contribution in [2.75, 3.05) is 0 Å². The molecule has 1 aromatic carbocycles. The van der Waals surface area contributed by atoms with Crippen LogP contribution in [-0.4, -0.2) is 25.8 Å². The monoisotopic (exact) mass is 341 g/mol. The maximum Gasteiger partial charge on any atom is 0.305 e. The molecule has 0 atom stereocenters. The van der Waals surface area contributed by atoms with E-state index in [2.05, 4.69) is 24.0 Å². The van der Waals surface area contributed by atoms with Crippen molar-refractivity contribution in [3.8, 4) is 11.3 Å². The molecular weight excluding hydrogens is 322 g/mol. The highest BCUT2D eigenvalue weighted by Gasteiger charge is 2.19. The molecule has 0 spiro atoms. The van der Waals surface area contributed by atoms with E-state index in [0.717, 1.165) is 5.56 Å². The van der Waals surface area contributed by atoms with Crippen molar-refractivity contribution in [1.29, 1.82) is 0 Å². The molecule has 0 radical (unpaired) electrons. The number of aryl methyl sites for hydroxylation is 1. The minimum atomic E-state index is -0.971. The van der Waals surface area contributed by atoms with E-state index in [1.54, 1.807) is 6.92 Å². The molecule has 0 aliphatic carbocycles. The number of hydrogen-bond acceptors (Lipinski definition) is 5. The Morgan fingerprint density at radius 3 is 2.56 bits per heavy atom. The Hall–Kier alpha value is -2.96. The number of fused-ring (bicyclic) bond motifs is 1. The number of nitrogens with zero attached hydrogens (tertiary/aromatic N) is 3. The van der Waals surface area contributed by atoms with E-state index in [9.17, 15) is 9.59 Å². The number of carbonyl (C=O) groups is 1. The maximum atomic E-state index is 12.8. The third-order valence-corrected chi connectivity index (χ3v) is 4.19. The Morgan fingerprint density at radius 2 is 1.96 bits per heavy atom. The minimum Gasteiger partial charge on any atom is -0.481 e. The molecule has 2 heterocycles. The van der Waals surface area contributed by atoms with Crippen LogP contribution >= 0.6 is 0 Å². The van der Waals surface area contributed by atoms with E-state index >= 15 is 0 Å². The maximum absolute atomic E-state index is 12.8. The molecule has 0 aliphatic rings. The van der Waals surface area contributed by atoms with Crippen molar-refractivity contribution in [2.45, 2.75) is 39.7 Å². The molecule has 7 nitrogen and oxygen atoms in total. The minimum absolute atomic E-state index is 0.0554. The zero-order valence-corrected chi connectivity index (χ0v) is 14.3. The summed E-state index contributed by atoms with van der Waals surface area (Å²) < 4.78 is 6.58. The van der Waals surface area contributed by atoms with E-state index in [0.29, 0.717) is 17.4 Å². The summed E-state index contributed by atoms with van der Waals surface area (Å²) in [6, 6.07) is 7.78. The van der Waals surface area contributed by atoms with Gasteiger partial charge in [-0.15, -0.1) is 0 Å². The lowest BCUT2D eigenvalue weighted by Gasteiger charge is -2.08. The molecule has 0 fully saturated rings. The third-order valence-electron chi connectivity index (χ3n) is 4.19. The van der Waals surface area contributed by atoms with E-state index in [4.69, 9.17) is 9.63 Å². The Balaban J connectivity index is 2.12. The van der Waals surface area contributed by atoms with Gasteiger partial charge in [0, 0.05) is 12.1 Å². The highest BCUT2D eigenvalue weighted by molar-refractivity contribution is 5.88. The average molecular weight is 341 g/mol.